The number of amides is 1. The molecule has 0 spiro atoms. The highest BCUT2D eigenvalue weighted by Crippen LogP contribution is 2.31. The molecule has 0 fully saturated rings. The third-order valence-electron chi connectivity index (χ3n) is 5.05. The summed E-state index contributed by atoms with van der Waals surface area (Å²) in [4.78, 5) is 13.2. The smallest absolute Gasteiger partial charge is 0.261 e. The quantitative estimate of drug-likeness (QED) is 0.541. The van der Waals surface area contributed by atoms with Crippen molar-refractivity contribution < 1.29 is 26.0 Å². The fraction of sp³-hybridized carbons (Fsp3) is 0.190. The molecule has 4 rings (SSSR count). The van der Waals surface area contributed by atoms with Gasteiger partial charge in [-0.05, 0) is 60.5 Å². The molecule has 0 atom stereocenters. The van der Waals surface area contributed by atoms with E-state index in [1.165, 1.54) is 49.6 Å². The van der Waals surface area contributed by atoms with Gasteiger partial charge in [0.15, 0.2) is 0 Å². The number of carbonyl (C=O) groups excluding carboxylic acids is 1. The van der Waals surface area contributed by atoms with Crippen molar-refractivity contribution in [1.29, 1.82) is 0 Å². The minimum absolute atomic E-state index is 0.0301. The summed E-state index contributed by atoms with van der Waals surface area (Å²) in [5.74, 6) is 0.349. The van der Waals surface area contributed by atoms with Crippen LogP contribution in [-0.4, -0.2) is 29.3 Å². The number of hydrogen-bond acceptors (Lipinski definition) is 6. The second kappa shape index (κ2) is 8.41. The summed E-state index contributed by atoms with van der Waals surface area (Å²) in [5, 5.41) is 0. The summed E-state index contributed by atoms with van der Waals surface area (Å²) in [6.07, 6.45) is 2.00. The van der Waals surface area contributed by atoms with Crippen LogP contribution in [0.15, 0.2) is 75.1 Å². The van der Waals surface area contributed by atoms with Gasteiger partial charge in [0, 0.05) is 19.2 Å². The van der Waals surface area contributed by atoms with Crippen molar-refractivity contribution in [2.45, 2.75) is 29.7 Å². The number of sulfonamides is 2. The van der Waals surface area contributed by atoms with Crippen LogP contribution < -0.4 is 14.3 Å². The van der Waals surface area contributed by atoms with Gasteiger partial charge in [0.05, 0.1) is 28.3 Å². The second-order valence-corrected chi connectivity index (χ2v) is 10.7. The predicted molar refractivity (Wildman–Crippen MR) is 118 cm³/mol. The van der Waals surface area contributed by atoms with Crippen molar-refractivity contribution in [3.8, 4) is 0 Å². The van der Waals surface area contributed by atoms with E-state index in [1.54, 1.807) is 23.1 Å². The maximum atomic E-state index is 12.9. The first kappa shape index (κ1) is 22.1. The Kier molecular flexibility index (Phi) is 5.80. The molecule has 0 radical (unpaired) electrons. The third-order valence-corrected chi connectivity index (χ3v) is 7.83. The zero-order chi connectivity index (χ0) is 22.9. The molecule has 32 heavy (non-hydrogen) atoms. The summed E-state index contributed by atoms with van der Waals surface area (Å²) in [7, 11) is -7.85. The monoisotopic (exact) mass is 475 g/mol. The molecule has 0 saturated heterocycles. The number of carbonyl (C=O) groups is 1. The molecule has 11 heteroatoms. The Morgan fingerprint density at radius 1 is 1.00 bits per heavy atom. The Labute approximate surface area is 186 Å². The Balaban J connectivity index is 1.53. The fourth-order valence-corrected chi connectivity index (χ4v) is 5.61. The van der Waals surface area contributed by atoms with Crippen LogP contribution in [0.25, 0.3) is 0 Å². The Morgan fingerprint density at radius 2 is 1.78 bits per heavy atom. The SMILES string of the molecule is CC(=O)N1CCc2cc(S(=O)(=O)Nc3cccc(S(=O)(=O)NCc4ccco4)c3)ccc21. The Morgan fingerprint density at radius 3 is 2.50 bits per heavy atom. The van der Waals surface area contributed by atoms with E-state index in [1.807, 2.05) is 0 Å². The van der Waals surface area contributed by atoms with E-state index < -0.39 is 20.0 Å². The minimum Gasteiger partial charge on any atom is -0.468 e. The summed E-state index contributed by atoms with van der Waals surface area (Å²) >= 11 is 0. The lowest BCUT2D eigenvalue weighted by Crippen LogP contribution is -2.25. The number of hydrogen-bond donors (Lipinski definition) is 2. The van der Waals surface area contributed by atoms with Crippen molar-refractivity contribution in [2.75, 3.05) is 16.2 Å². The number of benzene rings is 2. The van der Waals surface area contributed by atoms with E-state index >= 15 is 0 Å². The molecule has 1 aliphatic heterocycles. The standard InChI is InChI=1S/C21H21N3O6S2/c1-15(25)24-10-9-16-12-20(7-8-21(16)24)32(28,29)23-17-4-2-6-19(13-17)31(26,27)22-14-18-5-3-11-30-18/h2-8,11-13,22-23H,9-10,14H2,1H3. The minimum atomic E-state index is -3.97. The van der Waals surface area contributed by atoms with Gasteiger partial charge in [-0.3, -0.25) is 9.52 Å². The molecule has 1 amide bonds. The number of anilines is 2. The summed E-state index contributed by atoms with van der Waals surface area (Å²) in [5.41, 5.74) is 1.57. The van der Waals surface area contributed by atoms with Gasteiger partial charge in [0.2, 0.25) is 15.9 Å². The van der Waals surface area contributed by atoms with Crippen LogP contribution in [0.5, 0.6) is 0 Å². The van der Waals surface area contributed by atoms with Gasteiger partial charge in [-0.15, -0.1) is 0 Å². The number of fused-ring (bicyclic) bond motifs is 1. The average Bonchev–Trinajstić information content (AvgIpc) is 3.41. The molecule has 9 nitrogen and oxygen atoms in total. The van der Waals surface area contributed by atoms with Crippen LogP contribution in [0.2, 0.25) is 0 Å². The lowest BCUT2D eigenvalue weighted by atomic mass is 10.2. The molecular formula is C21H21N3O6S2. The molecule has 0 saturated carbocycles. The van der Waals surface area contributed by atoms with Crippen molar-refractivity contribution in [1.82, 2.24) is 4.72 Å². The average molecular weight is 476 g/mol. The lowest BCUT2D eigenvalue weighted by Gasteiger charge is -2.15. The molecule has 0 unspecified atom stereocenters. The van der Waals surface area contributed by atoms with Crippen molar-refractivity contribution >= 4 is 37.3 Å². The van der Waals surface area contributed by atoms with E-state index in [0.29, 0.717) is 24.4 Å². The van der Waals surface area contributed by atoms with Gasteiger partial charge < -0.3 is 9.32 Å². The van der Waals surface area contributed by atoms with Gasteiger partial charge in [0.25, 0.3) is 10.0 Å². The van der Waals surface area contributed by atoms with Crippen LogP contribution in [0, 0.1) is 0 Å². The molecule has 1 aliphatic rings. The summed E-state index contributed by atoms with van der Waals surface area (Å²) in [6, 6.07) is 13.4. The van der Waals surface area contributed by atoms with E-state index in [4.69, 9.17) is 4.42 Å². The molecule has 0 bridgehead atoms. The number of rotatable bonds is 7. The second-order valence-electron chi connectivity index (χ2n) is 7.25. The highest BCUT2D eigenvalue weighted by Gasteiger charge is 2.25. The molecule has 168 valence electrons. The summed E-state index contributed by atoms with van der Waals surface area (Å²) < 4.78 is 60.9. The van der Waals surface area contributed by atoms with Gasteiger partial charge in [-0.2, -0.15) is 0 Å². The molecular weight excluding hydrogens is 454 g/mol. The van der Waals surface area contributed by atoms with Crippen LogP contribution in [0.1, 0.15) is 18.2 Å². The normalized spacial score (nSPS) is 13.7. The van der Waals surface area contributed by atoms with E-state index in [9.17, 15) is 21.6 Å². The molecule has 1 aromatic heterocycles. The number of furan rings is 1. The predicted octanol–water partition coefficient (Wildman–Crippen LogP) is 2.47. The molecule has 2 N–H and O–H groups in total. The van der Waals surface area contributed by atoms with Crippen LogP contribution in [-0.2, 0) is 37.8 Å². The largest absolute Gasteiger partial charge is 0.468 e. The number of nitrogens with one attached hydrogen (secondary N) is 2. The van der Waals surface area contributed by atoms with Crippen molar-refractivity contribution in [2.24, 2.45) is 0 Å². The first-order chi connectivity index (χ1) is 15.2. The maximum Gasteiger partial charge on any atom is 0.261 e. The zero-order valence-corrected chi connectivity index (χ0v) is 18.7. The van der Waals surface area contributed by atoms with Gasteiger partial charge >= 0.3 is 0 Å². The maximum absolute atomic E-state index is 12.9. The first-order valence-electron chi connectivity index (χ1n) is 9.72. The van der Waals surface area contributed by atoms with E-state index in [2.05, 4.69) is 9.44 Å². The molecule has 2 heterocycles. The van der Waals surface area contributed by atoms with Gasteiger partial charge in [0.1, 0.15) is 5.76 Å². The highest BCUT2D eigenvalue weighted by atomic mass is 32.2. The van der Waals surface area contributed by atoms with Gasteiger partial charge in [-0.25, -0.2) is 21.6 Å². The summed E-state index contributed by atoms with van der Waals surface area (Å²) in [6.45, 7) is 1.94. The lowest BCUT2D eigenvalue weighted by molar-refractivity contribution is -0.116. The van der Waals surface area contributed by atoms with Crippen LogP contribution >= 0.6 is 0 Å². The van der Waals surface area contributed by atoms with Crippen LogP contribution in [0.3, 0.4) is 0 Å². The van der Waals surface area contributed by atoms with E-state index in [0.717, 1.165) is 5.56 Å². The van der Waals surface area contributed by atoms with Gasteiger partial charge in [-0.1, -0.05) is 6.07 Å². The topological polar surface area (TPSA) is 126 Å². The fourth-order valence-electron chi connectivity index (χ4n) is 3.48. The molecule has 2 aromatic carbocycles. The third kappa shape index (κ3) is 4.54. The van der Waals surface area contributed by atoms with Crippen molar-refractivity contribution in [3.05, 3.63) is 72.2 Å². The Hall–Kier alpha value is -3.15. The highest BCUT2D eigenvalue weighted by molar-refractivity contribution is 7.92. The van der Waals surface area contributed by atoms with Crippen LogP contribution in [0.4, 0.5) is 11.4 Å². The Bertz CT molecular complexity index is 1370. The number of nitrogens with zero attached hydrogens (tertiary/aromatic N) is 1. The van der Waals surface area contributed by atoms with E-state index in [-0.39, 0.29) is 27.9 Å². The molecule has 0 aliphatic carbocycles. The first-order valence-corrected chi connectivity index (χ1v) is 12.7. The zero-order valence-electron chi connectivity index (χ0n) is 17.1. The molecule has 3 aromatic rings. The van der Waals surface area contributed by atoms with Crippen molar-refractivity contribution in [3.63, 3.8) is 0 Å².